The van der Waals surface area contributed by atoms with E-state index in [1.165, 1.54) is 28.0 Å². The van der Waals surface area contributed by atoms with Gasteiger partial charge in [-0.1, -0.05) is 25.1 Å². The van der Waals surface area contributed by atoms with Crippen LogP contribution in [-0.4, -0.2) is 21.6 Å². The summed E-state index contributed by atoms with van der Waals surface area (Å²) in [6.07, 6.45) is 6.31. The van der Waals surface area contributed by atoms with E-state index < -0.39 is 5.91 Å². The lowest BCUT2D eigenvalue weighted by atomic mass is 9.90. The van der Waals surface area contributed by atoms with Gasteiger partial charge < -0.3 is 0 Å². The molecule has 0 aliphatic heterocycles. The quantitative estimate of drug-likeness (QED) is 0.686. The molecule has 27 heavy (non-hydrogen) atoms. The summed E-state index contributed by atoms with van der Waals surface area (Å²) in [5.74, 6) is -0.0322. The fraction of sp³-hybridized carbons (Fsp3) is 0.250. The standard InChI is InChI=1S/C20H20N4O2S/c1-13-7-8-17-14(9-13)10-18(27-17)20(26)23-22-19(25)15-11-21-24(12-15)16-5-3-2-4-6-16/h2-6,10-13H,7-9H2,1H3,(H,22,25)(H,23,26)/t13-/m0/s1. The van der Waals surface area contributed by atoms with Crippen molar-refractivity contribution in [3.63, 3.8) is 0 Å². The normalized spacial score (nSPS) is 15.8. The molecule has 2 N–H and O–H groups in total. The predicted molar refractivity (Wildman–Crippen MR) is 104 cm³/mol. The van der Waals surface area contributed by atoms with Crippen LogP contribution >= 0.6 is 11.3 Å². The molecule has 0 radical (unpaired) electrons. The monoisotopic (exact) mass is 380 g/mol. The van der Waals surface area contributed by atoms with E-state index >= 15 is 0 Å². The Labute approximate surface area is 161 Å². The van der Waals surface area contributed by atoms with Crippen molar-refractivity contribution in [2.24, 2.45) is 5.92 Å². The summed E-state index contributed by atoms with van der Waals surface area (Å²) in [6.45, 7) is 2.23. The molecule has 7 heteroatoms. The minimum atomic E-state index is -0.402. The van der Waals surface area contributed by atoms with Gasteiger partial charge in [0.2, 0.25) is 0 Å². The summed E-state index contributed by atoms with van der Waals surface area (Å²) in [4.78, 5) is 26.6. The van der Waals surface area contributed by atoms with Gasteiger partial charge in [0.05, 0.1) is 22.3 Å². The van der Waals surface area contributed by atoms with Gasteiger partial charge in [-0.25, -0.2) is 4.68 Å². The molecule has 2 aromatic heterocycles. The van der Waals surface area contributed by atoms with E-state index in [1.54, 1.807) is 10.9 Å². The molecule has 0 saturated carbocycles. The van der Waals surface area contributed by atoms with Gasteiger partial charge in [-0.05, 0) is 48.9 Å². The average Bonchev–Trinajstić information content (AvgIpc) is 3.33. The molecular formula is C20H20N4O2S. The molecule has 0 unspecified atom stereocenters. The van der Waals surface area contributed by atoms with Crippen molar-refractivity contribution in [3.8, 4) is 5.69 Å². The predicted octanol–water partition coefficient (Wildman–Crippen LogP) is 3.13. The van der Waals surface area contributed by atoms with E-state index in [0.29, 0.717) is 16.4 Å². The van der Waals surface area contributed by atoms with Crippen LogP contribution in [0.5, 0.6) is 0 Å². The fourth-order valence-electron chi connectivity index (χ4n) is 3.23. The van der Waals surface area contributed by atoms with Crippen LogP contribution < -0.4 is 10.9 Å². The van der Waals surface area contributed by atoms with E-state index in [4.69, 9.17) is 0 Å². The molecule has 3 aromatic rings. The number of nitrogens with one attached hydrogen (secondary N) is 2. The molecule has 1 aliphatic rings. The lowest BCUT2D eigenvalue weighted by Gasteiger charge is -2.16. The number of carbonyl (C=O) groups is 2. The SMILES string of the molecule is C[C@H]1CCc2sc(C(=O)NNC(=O)c3cnn(-c4ccccc4)c3)cc2C1. The fourth-order valence-corrected chi connectivity index (χ4v) is 4.33. The molecule has 1 aromatic carbocycles. The van der Waals surface area contributed by atoms with Gasteiger partial charge >= 0.3 is 0 Å². The van der Waals surface area contributed by atoms with E-state index in [-0.39, 0.29) is 5.91 Å². The summed E-state index contributed by atoms with van der Waals surface area (Å²) in [7, 11) is 0. The number of hydrogen-bond acceptors (Lipinski definition) is 4. The van der Waals surface area contributed by atoms with Gasteiger partial charge in [0, 0.05) is 11.1 Å². The summed E-state index contributed by atoms with van der Waals surface area (Å²) in [5.41, 5.74) is 7.46. The van der Waals surface area contributed by atoms with Crippen molar-refractivity contribution in [1.29, 1.82) is 0 Å². The zero-order valence-corrected chi connectivity index (χ0v) is 15.8. The van der Waals surface area contributed by atoms with Crippen LogP contribution in [0, 0.1) is 5.92 Å². The van der Waals surface area contributed by atoms with Crippen molar-refractivity contribution in [2.75, 3.05) is 0 Å². The number of hydrazine groups is 1. The highest BCUT2D eigenvalue weighted by atomic mass is 32.1. The topological polar surface area (TPSA) is 76.0 Å². The van der Waals surface area contributed by atoms with Crippen molar-refractivity contribution in [2.45, 2.75) is 26.2 Å². The number of aryl methyl sites for hydroxylation is 1. The zero-order valence-electron chi connectivity index (χ0n) is 14.9. The lowest BCUT2D eigenvalue weighted by Crippen LogP contribution is -2.41. The summed E-state index contributed by atoms with van der Waals surface area (Å²) >= 11 is 1.51. The Balaban J connectivity index is 1.38. The maximum Gasteiger partial charge on any atom is 0.279 e. The van der Waals surface area contributed by atoms with Gasteiger partial charge in [-0.15, -0.1) is 11.3 Å². The van der Waals surface area contributed by atoms with Crippen LogP contribution in [0.25, 0.3) is 5.69 Å². The molecule has 2 amide bonds. The molecule has 4 rings (SSSR count). The van der Waals surface area contributed by atoms with E-state index in [1.807, 2.05) is 36.4 Å². The van der Waals surface area contributed by atoms with Gasteiger partial charge in [0.25, 0.3) is 11.8 Å². The number of hydrogen-bond donors (Lipinski definition) is 2. The van der Waals surface area contributed by atoms with Gasteiger partial charge in [-0.3, -0.25) is 20.4 Å². The van der Waals surface area contributed by atoms with Crippen LogP contribution in [0.3, 0.4) is 0 Å². The molecule has 1 atom stereocenters. The third-order valence-corrected chi connectivity index (χ3v) is 5.94. The first kappa shape index (κ1) is 17.5. The molecule has 0 bridgehead atoms. The van der Waals surface area contributed by atoms with Crippen LogP contribution in [0.15, 0.2) is 48.8 Å². The van der Waals surface area contributed by atoms with Gasteiger partial charge in [-0.2, -0.15) is 5.10 Å². The highest BCUT2D eigenvalue weighted by Gasteiger charge is 2.21. The smallest absolute Gasteiger partial charge is 0.267 e. The number of fused-ring (bicyclic) bond motifs is 1. The first-order valence-electron chi connectivity index (χ1n) is 8.92. The summed E-state index contributed by atoms with van der Waals surface area (Å²) in [6, 6.07) is 11.5. The number of aromatic nitrogens is 2. The van der Waals surface area contributed by atoms with E-state index in [0.717, 1.165) is 24.9 Å². The number of thiophene rings is 1. The molecule has 0 fully saturated rings. The van der Waals surface area contributed by atoms with Crippen molar-refractivity contribution < 1.29 is 9.59 Å². The second-order valence-electron chi connectivity index (χ2n) is 6.82. The Bertz CT molecular complexity index is 977. The van der Waals surface area contributed by atoms with Crippen LogP contribution in [0.4, 0.5) is 0 Å². The third-order valence-electron chi connectivity index (χ3n) is 4.71. The molecular weight excluding hydrogens is 360 g/mol. The zero-order chi connectivity index (χ0) is 18.8. The van der Waals surface area contributed by atoms with Crippen molar-refractivity contribution in [1.82, 2.24) is 20.6 Å². The van der Waals surface area contributed by atoms with Gasteiger partial charge in [0.15, 0.2) is 0 Å². The Morgan fingerprint density at radius 3 is 2.78 bits per heavy atom. The Kier molecular flexibility index (Phi) is 4.77. The maximum atomic E-state index is 12.4. The average molecular weight is 380 g/mol. The highest BCUT2D eigenvalue weighted by molar-refractivity contribution is 7.14. The number of rotatable bonds is 3. The molecule has 0 spiro atoms. The number of amides is 2. The molecule has 138 valence electrons. The molecule has 1 aliphatic carbocycles. The second kappa shape index (κ2) is 7.36. The van der Waals surface area contributed by atoms with Gasteiger partial charge in [0.1, 0.15) is 0 Å². The minimum absolute atomic E-state index is 0.286. The number of carbonyl (C=O) groups excluding carboxylic acids is 2. The summed E-state index contributed by atoms with van der Waals surface area (Å²) < 4.78 is 1.62. The lowest BCUT2D eigenvalue weighted by molar-refractivity contribution is 0.0849. The van der Waals surface area contributed by atoms with Crippen molar-refractivity contribution in [3.05, 3.63) is 69.7 Å². The Morgan fingerprint density at radius 2 is 1.96 bits per heavy atom. The van der Waals surface area contributed by atoms with Crippen LogP contribution in [0.1, 0.15) is 43.8 Å². The molecule has 2 heterocycles. The maximum absolute atomic E-state index is 12.4. The Morgan fingerprint density at radius 1 is 1.19 bits per heavy atom. The first-order valence-corrected chi connectivity index (χ1v) is 9.74. The second-order valence-corrected chi connectivity index (χ2v) is 7.96. The highest BCUT2D eigenvalue weighted by Crippen LogP contribution is 2.32. The van der Waals surface area contributed by atoms with E-state index in [2.05, 4.69) is 22.9 Å². The van der Waals surface area contributed by atoms with Crippen LogP contribution in [0.2, 0.25) is 0 Å². The number of benzene rings is 1. The largest absolute Gasteiger partial charge is 0.279 e. The number of nitrogens with zero attached hydrogens (tertiary/aromatic N) is 2. The minimum Gasteiger partial charge on any atom is -0.267 e. The first-order chi connectivity index (χ1) is 13.1. The molecule has 0 saturated heterocycles. The van der Waals surface area contributed by atoms with Crippen molar-refractivity contribution >= 4 is 23.2 Å². The van der Waals surface area contributed by atoms with E-state index in [9.17, 15) is 9.59 Å². The number of para-hydroxylation sites is 1. The molecule has 6 nitrogen and oxygen atoms in total. The third kappa shape index (κ3) is 3.78. The Hall–Kier alpha value is -2.93. The summed E-state index contributed by atoms with van der Waals surface area (Å²) in [5, 5.41) is 4.19. The van der Waals surface area contributed by atoms with Crippen LogP contribution in [-0.2, 0) is 12.8 Å².